The Morgan fingerprint density at radius 2 is 1.78 bits per heavy atom. The maximum atomic E-state index is 10.4. The number of benzene rings is 1. The highest BCUT2D eigenvalue weighted by molar-refractivity contribution is 8.18. The summed E-state index contributed by atoms with van der Waals surface area (Å²) in [6.45, 7) is 4.17. The second kappa shape index (κ2) is 7.41. The zero-order valence-electron chi connectivity index (χ0n) is 15.1. The van der Waals surface area contributed by atoms with Crippen LogP contribution in [0.3, 0.4) is 0 Å². The summed E-state index contributed by atoms with van der Waals surface area (Å²) in [6.07, 6.45) is 1.89. The van der Waals surface area contributed by atoms with Gasteiger partial charge in [-0.05, 0) is 36.0 Å². The normalized spacial score (nSPS) is 30.1. The van der Waals surface area contributed by atoms with E-state index in [4.69, 9.17) is 33.9 Å². The highest BCUT2D eigenvalue weighted by Gasteiger charge is 2.92. The van der Waals surface area contributed by atoms with Crippen molar-refractivity contribution < 1.29 is 0 Å². The summed E-state index contributed by atoms with van der Waals surface area (Å²) in [7, 11) is 0. The number of nitrogens with two attached hydrogens (primary N) is 1. The molecule has 0 aromatic heterocycles. The molecule has 1 aliphatic carbocycles. The quantitative estimate of drug-likeness (QED) is 0.573. The van der Waals surface area contributed by atoms with Crippen LogP contribution >= 0.6 is 46.7 Å². The zero-order valence-corrected chi connectivity index (χ0v) is 18.3. The van der Waals surface area contributed by atoms with Crippen LogP contribution in [0.5, 0.6) is 0 Å². The van der Waals surface area contributed by atoms with E-state index in [0.29, 0.717) is 15.6 Å². The van der Waals surface area contributed by atoms with Gasteiger partial charge in [0.15, 0.2) is 4.20 Å². The SMILES string of the molecule is CCCSC1(SCCC)N=C(N)C2(C#N)C(c3cccc(Cl)c3Cl)C12C#N. The molecule has 4 nitrogen and oxygen atoms in total. The van der Waals surface area contributed by atoms with Crippen LogP contribution in [0.4, 0.5) is 0 Å². The number of halogens is 2. The molecule has 0 amide bonds. The van der Waals surface area contributed by atoms with Crippen molar-refractivity contribution in [2.24, 2.45) is 21.6 Å². The van der Waals surface area contributed by atoms with Gasteiger partial charge < -0.3 is 5.73 Å². The van der Waals surface area contributed by atoms with Gasteiger partial charge in [0.05, 0.1) is 22.2 Å². The second-order valence-electron chi connectivity index (χ2n) is 6.69. The topological polar surface area (TPSA) is 86.0 Å². The van der Waals surface area contributed by atoms with Crippen LogP contribution in [0.1, 0.15) is 38.2 Å². The number of nitriles is 2. The first-order chi connectivity index (χ1) is 12.9. The van der Waals surface area contributed by atoms with Crippen LogP contribution in [0.15, 0.2) is 23.2 Å². The van der Waals surface area contributed by atoms with Crippen LogP contribution in [0.2, 0.25) is 10.0 Å². The fraction of sp³-hybridized carbons (Fsp3) is 0.526. The molecule has 1 aromatic rings. The lowest BCUT2D eigenvalue weighted by Crippen LogP contribution is -2.32. The molecule has 0 bridgehead atoms. The molecule has 2 aliphatic rings. The van der Waals surface area contributed by atoms with E-state index in [2.05, 4.69) is 26.0 Å². The first-order valence-corrected chi connectivity index (χ1v) is 11.5. The average Bonchev–Trinajstić information content (AvgIpc) is 3.24. The van der Waals surface area contributed by atoms with E-state index in [0.717, 1.165) is 24.3 Å². The minimum absolute atomic E-state index is 0.236. The Hall–Kier alpha value is -1.05. The number of nitrogens with zero attached hydrogens (tertiary/aromatic N) is 3. The van der Waals surface area contributed by atoms with E-state index in [9.17, 15) is 10.5 Å². The Balaban J connectivity index is 2.22. The fourth-order valence-corrected chi connectivity index (χ4v) is 7.69. The smallest absolute Gasteiger partial charge is 0.175 e. The maximum absolute atomic E-state index is 10.4. The third-order valence-corrected chi connectivity index (χ3v) is 9.60. The predicted octanol–water partition coefficient (Wildman–Crippen LogP) is 5.42. The molecular weight excluding hydrogens is 419 g/mol. The Bertz CT molecular complexity index is 867. The molecule has 3 unspecified atom stereocenters. The lowest BCUT2D eigenvalue weighted by Gasteiger charge is -2.32. The Morgan fingerprint density at radius 3 is 2.30 bits per heavy atom. The summed E-state index contributed by atoms with van der Waals surface area (Å²) in [6, 6.07) is 10.2. The summed E-state index contributed by atoms with van der Waals surface area (Å²) in [5, 5.41) is 21.3. The summed E-state index contributed by atoms with van der Waals surface area (Å²) in [4.78, 5) is 4.74. The molecule has 1 heterocycles. The highest BCUT2D eigenvalue weighted by Crippen LogP contribution is 2.85. The monoisotopic (exact) mass is 438 g/mol. The molecule has 27 heavy (non-hydrogen) atoms. The molecule has 3 rings (SSSR count). The van der Waals surface area contributed by atoms with Crippen molar-refractivity contribution in [2.45, 2.75) is 36.8 Å². The summed E-state index contributed by atoms with van der Waals surface area (Å²) in [5.74, 6) is 1.44. The van der Waals surface area contributed by atoms with E-state index >= 15 is 0 Å². The lowest BCUT2D eigenvalue weighted by atomic mass is 9.97. The zero-order chi connectivity index (χ0) is 19.9. The van der Waals surface area contributed by atoms with Crippen LogP contribution < -0.4 is 5.73 Å². The van der Waals surface area contributed by atoms with E-state index in [-0.39, 0.29) is 5.84 Å². The predicted molar refractivity (Wildman–Crippen MR) is 115 cm³/mol. The largest absolute Gasteiger partial charge is 0.386 e. The van der Waals surface area contributed by atoms with Crippen molar-refractivity contribution in [1.29, 1.82) is 10.5 Å². The van der Waals surface area contributed by atoms with Gasteiger partial charge in [-0.25, -0.2) is 4.99 Å². The average molecular weight is 439 g/mol. The van der Waals surface area contributed by atoms with Gasteiger partial charge in [0.2, 0.25) is 0 Å². The molecule has 142 valence electrons. The molecule has 8 heteroatoms. The van der Waals surface area contributed by atoms with Gasteiger partial charge >= 0.3 is 0 Å². The minimum atomic E-state index is -1.17. The number of amidine groups is 1. The molecule has 2 N–H and O–H groups in total. The molecule has 0 radical (unpaired) electrons. The van der Waals surface area contributed by atoms with Gasteiger partial charge in [-0.1, -0.05) is 49.2 Å². The van der Waals surface area contributed by atoms with Crippen molar-refractivity contribution in [3.05, 3.63) is 33.8 Å². The number of aliphatic imine (C=N–C) groups is 1. The van der Waals surface area contributed by atoms with Crippen LogP contribution in [-0.4, -0.2) is 21.5 Å². The summed E-state index contributed by atoms with van der Waals surface area (Å²) in [5.41, 5.74) is 4.80. The second-order valence-corrected chi connectivity index (χ2v) is 10.3. The van der Waals surface area contributed by atoms with Gasteiger partial charge in [0.1, 0.15) is 16.7 Å². The first kappa shape index (κ1) is 20.7. The van der Waals surface area contributed by atoms with Gasteiger partial charge in [-0.2, -0.15) is 10.5 Å². The van der Waals surface area contributed by atoms with Crippen LogP contribution in [0.25, 0.3) is 0 Å². The highest BCUT2D eigenvalue weighted by atomic mass is 35.5. The Morgan fingerprint density at radius 1 is 1.15 bits per heavy atom. The standard InChI is InChI=1S/C19H20Cl2N4S2/c1-3-8-26-19(27-9-4-2)18(11-23)15(17(18,10-22)16(24)25-19)12-6-5-7-13(20)14(12)21/h5-7,15H,3-4,8-9H2,1-2H3,(H2,24,25). The molecule has 1 aromatic carbocycles. The first-order valence-electron chi connectivity index (χ1n) is 8.82. The van der Waals surface area contributed by atoms with E-state index < -0.39 is 21.0 Å². The van der Waals surface area contributed by atoms with Crippen molar-refractivity contribution in [2.75, 3.05) is 11.5 Å². The molecule has 1 saturated carbocycles. The van der Waals surface area contributed by atoms with Crippen molar-refractivity contribution >= 4 is 52.6 Å². The molecule has 0 spiro atoms. The Labute approximate surface area is 178 Å². The Kier molecular flexibility index (Phi) is 5.67. The lowest BCUT2D eigenvalue weighted by molar-refractivity contribution is 0.563. The molecule has 1 aliphatic heterocycles. The third kappa shape index (κ3) is 2.54. The molecular formula is C19H20Cl2N4S2. The van der Waals surface area contributed by atoms with Gasteiger partial charge in [-0.3, -0.25) is 0 Å². The molecule has 0 saturated heterocycles. The molecule has 3 atom stereocenters. The van der Waals surface area contributed by atoms with Crippen molar-refractivity contribution in [3.63, 3.8) is 0 Å². The minimum Gasteiger partial charge on any atom is -0.386 e. The number of hydrogen-bond acceptors (Lipinski definition) is 6. The number of hydrogen-bond donors (Lipinski definition) is 1. The van der Waals surface area contributed by atoms with Crippen molar-refractivity contribution in [3.8, 4) is 12.1 Å². The van der Waals surface area contributed by atoms with Gasteiger partial charge in [0.25, 0.3) is 0 Å². The van der Waals surface area contributed by atoms with E-state index in [1.54, 1.807) is 35.7 Å². The van der Waals surface area contributed by atoms with Gasteiger partial charge in [-0.15, -0.1) is 23.5 Å². The fourth-order valence-electron chi connectivity index (χ4n) is 4.05. The maximum Gasteiger partial charge on any atom is 0.175 e. The molecule has 1 fully saturated rings. The third-order valence-electron chi connectivity index (χ3n) is 5.22. The summed E-state index contributed by atoms with van der Waals surface area (Å²) >= 11 is 15.9. The van der Waals surface area contributed by atoms with Crippen LogP contribution in [-0.2, 0) is 0 Å². The number of rotatable bonds is 7. The van der Waals surface area contributed by atoms with Crippen molar-refractivity contribution in [1.82, 2.24) is 0 Å². The summed E-state index contributed by atoms with van der Waals surface area (Å²) < 4.78 is -0.816. The number of thioether (sulfide) groups is 2. The van der Waals surface area contributed by atoms with Gasteiger partial charge in [0, 0.05) is 5.92 Å². The van der Waals surface area contributed by atoms with Crippen LogP contribution in [0, 0.1) is 33.5 Å². The van der Waals surface area contributed by atoms with E-state index in [1.165, 1.54) is 0 Å². The number of fused-ring (bicyclic) bond motifs is 1. The van der Waals surface area contributed by atoms with E-state index in [1.807, 2.05) is 6.07 Å².